The maximum absolute atomic E-state index is 12.9. The highest BCUT2D eigenvalue weighted by Gasteiger charge is 2.35. The lowest BCUT2D eigenvalue weighted by atomic mass is 9.94. The van der Waals surface area contributed by atoms with Crippen molar-refractivity contribution in [3.63, 3.8) is 0 Å². The average Bonchev–Trinajstić information content (AvgIpc) is 2.78. The summed E-state index contributed by atoms with van der Waals surface area (Å²) in [7, 11) is 3.41. The zero-order valence-corrected chi connectivity index (χ0v) is 19.1. The number of carbonyl (C=O) groups excluding carboxylic acids is 3. The fourth-order valence-electron chi connectivity index (χ4n) is 4.18. The lowest BCUT2D eigenvalue weighted by Crippen LogP contribution is -2.50. The summed E-state index contributed by atoms with van der Waals surface area (Å²) in [5.41, 5.74) is 1.72. The van der Waals surface area contributed by atoms with Gasteiger partial charge in [0.15, 0.2) is 0 Å². The van der Waals surface area contributed by atoms with Crippen LogP contribution in [0.3, 0.4) is 0 Å². The van der Waals surface area contributed by atoms with Gasteiger partial charge in [-0.15, -0.1) is 0 Å². The lowest BCUT2D eigenvalue weighted by Gasteiger charge is -2.38. The fourth-order valence-corrected chi connectivity index (χ4v) is 4.18. The van der Waals surface area contributed by atoms with Gasteiger partial charge in [-0.3, -0.25) is 9.69 Å². The Morgan fingerprint density at radius 3 is 2.41 bits per heavy atom. The molecular weight excluding hydrogens is 412 g/mol. The zero-order valence-electron chi connectivity index (χ0n) is 19.1. The molecule has 2 aliphatic rings. The number of methoxy groups -OCH3 is 1. The number of amides is 3. The Bertz CT molecular complexity index is 875. The molecule has 174 valence electrons. The monoisotopic (exact) mass is 444 g/mol. The van der Waals surface area contributed by atoms with Gasteiger partial charge in [0.2, 0.25) is 5.91 Å². The number of esters is 1. The summed E-state index contributed by atoms with van der Waals surface area (Å²) in [6, 6.07) is 6.47. The molecule has 0 radical (unpaired) electrons. The summed E-state index contributed by atoms with van der Waals surface area (Å²) in [5.74, 6) is 0.292. The molecule has 2 aliphatic heterocycles. The van der Waals surface area contributed by atoms with Gasteiger partial charge in [0.1, 0.15) is 5.75 Å². The normalized spacial score (nSPS) is 19.8. The molecule has 2 N–H and O–H groups in total. The third-order valence-electron chi connectivity index (χ3n) is 6.08. The van der Waals surface area contributed by atoms with Gasteiger partial charge in [0.25, 0.3) is 0 Å². The van der Waals surface area contributed by atoms with E-state index in [2.05, 4.69) is 15.5 Å². The van der Waals surface area contributed by atoms with E-state index in [9.17, 15) is 14.4 Å². The van der Waals surface area contributed by atoms with Crippen LogP contribution in [0, 0.1) is 0 Å². The lowest BCUT2D eigenvalue weighted by molar-refractivity contribution is -0.139. The molecule has 9 nitrogen and oxygen atoms in total. The van der Waals surface area contributed by atoms with E-state index < -0.39 is 12.0 Å². The molecule has 1 aromatic rings. The Labute approximate surface area is 188 Å². The van der Waals surface area contributed by atoms with E-state index in [0.717, 1.165) is 31.5 Å². The van der Waals surface area contributed by atoms with E-state index in [4.69, 9.17) is 9.47 Å². The van der Waals surface area contributed by atoms with Crippen molar-refractivity contribution in [3.05, 3.63) is 41.1 Å². The molecule has 3 rings (SSSR count). The Morgan fingerprint density at radius 1 is 1.19 bits per heavy atom. The molecule has 0 aromatic heterocycles. The van der Waals surface area contributed by atoms with E-state index in [0.29, 0.717) is 23.6 Å². The molecular formula is C23H32N4O5. The van der Waals surface area contributed by atoms with Crippen molar-refractivity contribution in [2.24, 2.45) is 0 Å². The van der Waals surface area contributed by atoms with Crippen LogP contribution in [0.1, 0.15) is 38.3 Å². The van der Waals surface area contributed by atoms with Gasteiger partial charge < -0.3 is 25.0 Å². The molecule has 9 heteroatoms. The third-order valence-corrected chi connectivity index (χ3v) is 6.08. The molecule has 1 fully saturated rings. The van der Waals surface area contributed by atoms with E-state index in [1.807, 2.05) is 19.2 Å². The van der Waals surface area contributed by atoms with Crippen LogP contribution >= 0.6 is 0 Å². The number of benzene rings is 1. The highest BCUT2D eigenvalue weighted by molar-refractivity contribution is 5.95. The maximum Gasteiger partial charge on any atom is 0.338 e. The van der Waals surface area contributed by atoms with Crippen LogP contribution in [-0.2, 0) is 14.3 Å². The summed E-state index contributed by atoms with van der Waals surface area (Å²) in [5, 5.41) is 5.67. The van der Waals surface area contributed by atoms with E-state index >= 15 is 0 Å². The van der Waals surface area contributed by atoms with E-state index in [-0.39, 0.29) is 24.6 Å². The van der Waals surface area contributed by atoms with E-state index in [1.165, 1.54) is 0 Å². The maximum atomic E-state index is 12.9. The minimum absolute atomic E-state index is 0.0590. The van der Waals surface area contributed by atoms with Gasteiger partial charge in [0, 0.05) is 45.3 Å². The number of ether oxygens (including phenoxy) is 2. The smallest absolute Gasteiger partial charge is 0.338 e. The molecule has 1 atom stereocenters. The van der Waals surface area contributed by atoms with Crippen molar-refractivity contribution in [2.45, 2.75) is 38.8 Å². The second kappa shape index (κ2) is 10.5. The van der Waals surface area contributed by atoms with Crippen LogP contribution in [0.4, 0.5) is 4.79 Å². The van der Waals surface area contributed by atoms with Crippen molar-refractivity contribution < 1.29 is 23.9 Å². The summed E-state index contributed by atoms with van der Waals surface area (Å²) in [4.78, 5) is 41.0. The topological polar surface area (TPSA) is 100 Å². The number of rotatable bonds is 7. The Balaban J connectivity index is 1.84. The molecule has 3 amide bonds. The number of hydrogen-bond donors (Lipinski definition) is 2. The largest absolute Gasteiger partial charge is 0.497 e. The second-order valence-corrected chi connectivity index (χ2v) is 8.05. The molecule has 0 spiro atoms. The molecule has 2 heterocycles. The molecule has 0 aliphatic carbocycles. The van der Waals surface area contributed by atoms with Crippen molar-refractivity contribution in [2.75, 3.05) is 40.4 Å². The number of likely N-dealkylation sites (tertiary alicyclic amines) is 1. The zero-order chi connectivity index (χ0) is 23.3. The molecule has 1 saturated heterocycles. The molecule has 1 aromatic carbocycles. The predicted molar refractivity (Wildman–Crippen MR) is 119 cm³/mol. The first kappa shape index (κ1) is 23.6. The van der Waals surface area contributed by atoms with Gasteiger partial charge in [-0.2, -0.15) is 0 Å². The van der Waals surface area contributed by atoms with E-state index in [1.54, 1.807) is 38.0 Å². The van der Waals surface area contributed by atoms with Gasteiger partial charge in [-0.1, -0.05) is 12.1 Å². The summed E-state index contributed by atoms with van der Waals surface area (Å²) in [6.07, 6.45) is 1.68. The average molecular weight is 445 g/mol. The van der Waals surface area contributed by atoms with Gasteiger partial charge >= 0.3 is 12.0 Å². The standard InChI is InChI=1S/C23H32N4O5/c1-5-32-22(29)20-19(14-27-12-10-17(11-13-27)26(3)15(2)28)24-23(30)25-21(20)16-6-8-18(31-4)9-7-16/h6-9,17,21H,5,10-14H2,1-4H3,(H2,24,25,30). The number of piperidine rings is 1. The highest BCUT2D eigenvalue weighted by Crippen LogP contribution is 2.30. The SMILES string of the molecule is CCOC(=O)C1=C(CN2CCC(N(C)C(C)=O)CC2)NC(=O)NC1c1ccc(OC)cc1. The quantitative estimate of drug-likeness (QED) is 0.622. The van der Waals surface area contributed by atoms with Gasteiger partial charge in [-0.05, 0) is 37.5 Å². The first-order valence-electron chi connectivity index (χ1n) is 10.9. The minimum Gasteiger partial charge on any atom is -0.497 e. The summed E-state index contributed by atoms with van der Waals surface area (Å²) >= 11 is 0. The van der Waals surface area contributed by atoms with Crippen molar-refractivity contribution in [3.8, 4) is 5.75 Å². The fraction of sp³-hybridized carbons (Fsp3) is 0.522. The summed E-state index contributed by atoms with van der Waals surface area (Å²) in [6.45, 7) is 5.52. The van der Waals surface area contributed by atoms with Crippen LogP contribution in [0.5, 0.6) is 5.75 Å². The van der Waals surface area contributed by atoms with Crippen LogP contribution < -0.4 is 15.4 Å². The van der Waals surface area contributed by atoms with Crippen LogP contribution in [0.25, 0.3) is 0 Å². The second-order valence-electron chi connectivity index (χ2n) is 8.05. The van der Waals surface area contributed by atoms with Crippen molar-refractivity contribution >= 4 is 17.9 Å². The van der Waals surface area contributed by atoms with Crippen LogP contribution in [0.15, 0.2) is 35.5 Å². The predicted octanol–water partition coefficient (Wildman–Crippen LogP) is 1.81. The first-order chi connectivity index (χ1) is 15.3. The number of urea groups is 1. The van der Waals surface area contributed by atoms with Crippen molar-refractivity contribution in [1.29, 1.82) is 0 Å². The van der Waals surface area contributed by atoms with Crippen LogP contribution in [-0.4, -0.2) is 74.1 Å². The molecule has 1 unspecified atom stereocenters. The Morgan fingerprint density at radius 2 is 1.84 bits per heavy atom. The third kappa shape index (κ3) is 5.40. The van der Waals surface area contributed by atoms with Gasteiger partial charge in [-0.25, -0.2) is 9.59 Å². The summed E-state index contributed by atoms with van der Waals surface area (Å²) < 4.78 is 10.5. The first-order valence-corrected chi connectivity index (χ1v) is 10.9. The minimum atomic E-state index is -0.620. The highest BCUT2D eigenvalue weighted by atomic mass is 16.5. The number of nitrogens with one attached hydrogen (secondary N) is 2. The number of hydrogen-bond acceptors (Lipinski definition) is 6. The number of nitrogens with zero attached hydrogens (tertiary/aromatic N) is 2. The Hall–Kier alpha value is -3.07. The van der Waals surface area contributed by atoms with Crippen LogP contribution in [0.2, 0.25) is 0 Å². The Kier molecular flexibility index (Phi) is 7.74. The molecule has 0 bridgehead atoms. The van der Waals surface area contributed by atoms with Crippen molar-refractivity contribution in [1.82, 2.24) is 20.4 Å². The number of carbonyl (C=O) groups is 3. The molecule has 32 heavy (non-hydrogen) atoms. The van der Waals surface area contributed by atoms with Gasteiger partial charge in [0.05, 0.1) is 25.3 Å². The molecule has 0 saturated carbocycles.